The van der Waals surface area contributed by atoms with Crippen LogP contribution in [0.4, 0.5) is 0 Å². The van der Waals surface area contributed by atoms with E-state index in [9.17, 15) is 0 Å². The van der Waals surface area contributed by atoms with Gasteiger partial charge in [-0.2, -0.15) is 0 Å². The minimum atomic E-state index is 0.0424. The van der Waals surface area contributed by atoms with Crippen molar-refractivity contribution < 1.29 is 5.10 Å². The SMILES string of the molecule is CC(C)(C)c1ccc(CCC=[NH+]N=C(N)N)cc1. The van der Waals surface area contributed by atoms with E-state index in [1.165, 1.54) is 11.1 Å². The fourth-order valence-corrected chi connectivity index (χ4v) is 1.59. The normalized spacial score (nSPS) is 11.7. The van der Waals surface area contributed by atoms with Crippen LogP contribution in [-0.4, -0.2) is 12.2 Å². The summed E-state index contributed by atoms with van der Waals surface area (Å²) in [5.74, 6) is 0.0424. The quantitative estimate of drug-likeness (QED) is 0.405. The molecule has 98 valence electrons. The molecule has 0 saturated heterocycles. The number of nitrogens with zero attached hydrogens (tertiary/aromatic N) is 1. The van der Waals surface area contributed by atoms with E-state index in [1.807, 2.05) is 6.21 Å². The van der Waals surface area contributed by atoms with Crippen LogP contribution < -0.4 is 16.6 Å². The van der Waals surface area contributed by atoms with Crippen LogP contribution in [0.3, 0.4) is 0 Å². The Hall–Kier alpha value is -1.84. The largest absolute Gasteiger partial charge is 0.365 e. The van der Waals surface area contributed by atoms with Gasteiger partial charge in [0, 0.05) is 11.5 Å². The van der Waals surface area contributed by atoms with Crippen LogP contribution in [0, 0.1) is 0 Å². The van der Waals surface area contributed by atoms with Crippen LogP contribution in [0.25, 0.3) is 0 Å². The van der Waals surface area contributed by atoms with Crippen LogP contribution in [-0.2, 0) is 11.8 Å². The van der Waals surface area contributed by atoms with Gasteiger partial charge in [-0.25, -0.2) is 0 Å². The highest BCUT2D eigenvalue weighted by atomic mass is 15.3. The first-order valence-electron chi connectivity index (χ1n) is 6.15. The molecule has 0 aliphatic heterocycles. The van der Waals surface area contributed by atoms with Crippen molar-refractivity contribution in [3.63, 3.8) is 0 Å². The van der Waals surface area contributed by atoms with Crippen molar-refractivity contribution in [2.45, 2.75) is 39.0 Å². The fourth-order valence-electron chi connectivity index (χ4n) is 1.59. The van der Waals surface area contributed by atoms with Crippen molar-refractivity contribution in [2.75, 3.05) is 0 Å². The Kier molecular flexibility index (Phi) is 4.89. The molecule has 0 aromatic heterocycles. The molecule has 1 aromatic rings. The molecule has 18 heavy (non-hydrogen) atoms. The topological polar surface area (TPSA) is 78.4 Å². The number of nitrogens with two attached hydrogens (primary N) is 2. The van der Waals surface area contributed by atoms with Gasteiger partial charge in [-0.05, 0) is 23.0 Å². The van der Waals surface area contributed by atoms with Gasteiger partial charge in [-0.15, -0.1) is 5.10 Å². The Labute approximate surface area is 109 Å². The van der Waals surface area contributed by atoms with E-state index < -0.39 is 0 Å². The molecule has 0 heterocycles. The molecule has 1 aromatic carbocycles. The summed E-state index contributed by atoms with van der Waals surface area (Å²) in [4.78, 5) is 0. The van der Waals surface area contributed by atoms with E-state index >= 15 is 0 Å². The van der Waals surface area contributed by atoms with E-state index in [4.69, 9.17) is 11.5 Å². The average molecular weight is 247 g/mol. The molecule has 0 spiro atoms. The molecular formula is C14H23N4+. The third-order valence-corrected chi connectivity index (χ3v) is 2.68. The molecule has 0 bridgehead atoms. The zero-order chi connectivity index (χ0) is 13.6. The number of benzene rings is 1. The van der Waals surface area contributed by atoms with Crippen molar-refractivity contribution >= 4 is 12.2 Å². The average Bonchev–Trinajstić information content (AvgIpc) is 2.27. The van der Waals surface area contributed by atoms with Crippen LogP contribution >= 0.6 is 0 Å². The molecule has 1 rings (SSSR count). The maximum absolute atomic E-state index is 5.19. The number of rotatable bonds is 4. The molecular weight excluding hydrogens is 224 g/mol. The number of guanidine groups is 1. The Bertz CT molecular complexity index is 420. The Balaban J connectivity index is 2.50. The highest BCUT2D eigenvalue weighted by molar-refractivity contribution is 5.74. The third kappa shape index (κ3) is 4.99. The van der Waals surface area contributed by atoms with Crippen LogP contribution in [0.5, 0.6) is 0 Å². The van der Waals surface area contributed by atoms with E-state index in [0.717, 1.165) is 12.8 Å². The summed E-state index contributed by atoms with van der Waals surface area (Å²) < 4.78 is 0. The third-order valence-electron chi connectivity index (χ3n) is 2.68. The van der Waals surface area contributed by atoms with Crippen molar-refractivity contribution in [2.24, 2.45) is 16.6 Å². The fraction of sp³-hybridized carbons (Fsp3) is 0.429. The van der Waals surface area contributed by atoms with Gasteiger partial charge in [0.25, 0.3) is 5.96 Å². The summed E-state index contributed by atoms with van der Waals surface area (Å²) in [6.07, 6.45) is 3.69. The molecule has 4 heteroatoms. The maximum atomic E-state index is 5.19. The van der Waals surface area contributed by atoms with E-state index in [2.05, 4.69) is 55.2 Å². The number of hydrogen-bond acceptors (Lipinski definition) is 1. The van der Waals surface area contributed by atoms with Gasteiger partial charge >= 0.3 is 0 Å². The van der Waals surface area contributed by atoms with Gasteiger partial charge in [-0.3, -0.25) is 0 Å². The van der Waals surface area contributed by atoms with Crippen molar-refractivity contribution in [1.29, 1.82) is 0 Å². The number of hydrazone groups is 1. The number of aryl methyl sites for hydroxylation is 1. The molecule has 5 N–H and O–H groups in total. The predicted molar refractivity (Wildman–Crippen MR) is 76.3 cm³/mol. The second kappa shape index (κ2) is 6.19. The minimum Gasteiger partial charge on any atom is -0.365 e. The van der Waals surface area contributed by atoms with Crippen molar-refractivity contribution in [3.05, 3.63) is 35.4 Å². The lowest BCUT2D eigenvalue weighted by Crippen LogP contribution is -2.63. The zero-order valence-electron chi connectivity index (χ0n) is 11.4. The highest BCUT2D eigenvalue weighted by Crippen LogP contribution is 2.22. The van der Waals surface area contributed by atoms with E-state index in [0.29, 0.717) is 0 Å². The van der Waals surface area contributed by atoms with Gasteiger partial charge in [0.05, 0.1) is 0 Å². The second-order valence-corrected chi connectivity index (χ2v) is 5.36. The molecule has 0 atom stereocenters. The molecule has 0 amide bonds. The number of nitrogens with one attached hydrogen (secondary N) is 1. The molecule has 0 unspecified atom stereocenters. The Morgan fingerprint density at radius 2 is 1.83 bits per heavy atom. The van der Waals surface area contributed by atoms with Gasteiger partial charge in [-0.1, -0.05) is 45.0 Å². The van der Waals surface area contributed by atoms with Gasteiger partial charge in [0.1, 0.15) is 0 Å². The van der Waals surface area contributed by atoms with Gasteiger partial charge in [0.15, 0.2) is 6.21 Å². The monoisotopic (exact) mass is 247 g/mol. The standard InChI is InChI=1S/C14H22N4/c1-14(2,3)12-8-6-11(7-9-12)5-4-10-17-18-13(15)16/h6-10H,4-5H2,1-3H3,(H4,15,16,18)/p+1. The van der Waals surface area contributed by atoms with Crippen LogP contribution in [0.2, 0.25) is 0 Å². The lowest BCUT2D eigenvalue weighted by Gasteiger charge is -2.19. The van der Waals surface area contributed by atoms with Crippen molar-refractivity contribution in [1.82, 2.24) is 0 Å². The highest BCUT2D eigenvalue weighted by Gasteiger charge is 2.12. The summed E-state index contributed by atoms with van der Waals surface area (Å²) in [6, 6.07) is 8.74. The van der Waals surface area contributed by atoms with Crippen LogP contribution in [0.15, 0.2) is 29.4 Å². The molecule has 0 saturated carbocycles. The maximum Gasteiger partial charge on any atom is 0.256 e. The summed E-state index contributed by atoms with van der Waals surface area (Å²) in [5.41, 5.74) is 13.3. The zero-order valence-corrected chi connectivity index (χ0v) is 11.4. The molecule has 0 aliphatic carbocycles. The van der Waals surface area contributed by atoms with Gasteiger partial charge < -0.3 is 11.5 Å². The first kappa shape index (κ1) is 14.2. The van der Waals surface area contributed by atoms with Crippen LogP contribution in [0.1, 0.15) is 38.3 Å². The first-order valence-corrected chi connectivity index (χ1v) is 6.15. The van der Waals surface area contributed by atoms with Gasteiger partial charge in [0.2, 0.25) is 0 Å². The molecule has 4 nitrogen and oxygen atoms in total. The summed E-state index contributed by atoms with van der Waals surface area (Å²) in [7, 11) is 0. The molecule has 0 aliphatic rings. The Morgan fingerprint density at radius 3 is 2.33 bits per heavy atom. The van der Waals surface area contributed by atoms with Crippen molar-refractivity contribution in [3.8, 4) is 0 Å². The summed E-state index contributed by atoms with van der Waals surface area (Å²) in [6.45, 7) is 6.65. The predicted octanol–water partition coefficient (Wildman–Crippen LogP) is 0.257. The smallest absolute Gasteiger partial charge is 0.256 e. The number of hydrogen-bond donors (Lipinski definition) is 3. The Morgan fingerprint density at radius 1 is 1.22 bits per heavy atom. The lowest BCUT2D eigenvalue weighted by molar-refractivity contribution is -0.458. The first-order chi connectivity index (χ1) is 8.39. The summed E-state index contributed by atoms with van der Waals surface area (Å²) in [5, 5.41) is 6.37. The lowest BCUT2D eigenvalue weighted by atomic mass is 9.86. The minimum absolute atomic E-state index is 0.0424. The van der Waals surface area contributed by atoms with E-state index in [1.54, 1.807) is 0 Å². The molecule has 0 fully saturated rings. The molecule has 0 radical (unpaired) electrons. The second-order valence-electron chi connectivity index (χ2n) is 5.36. The van der Waals surface area contributed by atoms with E-state index in [-0.39, 0.29) is 11.4 Å². The summed E-state index contributed by atoms with van der Waals surface area (Å²) >= 11 is 0.